The Morgan fingerprint density at radius 1 is 1.20 bits per heavy atom. The lowest BCUT2D eigenvalue weighted by molar-refractivity contribution is 0.325. The Kier molecular flexibility index (Phi) is 6.57. The third-order valence-electron chi connectivity index (χ3n) is 4.56. The maximum Gasteiger partial charge on any atom is 0.0351 e. The highest BCUT2D eigenvalue weighted by Gasteiger charge is 2.24. The Bertz CT molecular complexity index is 408. The van der Waals surface area contributed by atoms with Gasteiger partial charge in [-0.3, -0.25) is 0 Å². The molecule has 0 aromatic heterocycles. The molecule has 0 amide bonds. The zero-order chi connectivity index (χ0) is 14.4. The molecule has 2 heteroatoms. The van der Waals surface area contributed by atoms with E-state index >= 15 is 0 Å². The molecule has 20 heavy (non-hydrogen) atoms. The monoisotopic (exact) mass is 337 g/mol. The Morgan fingerprint density at radius 2 is 1.90 bits per heavy atom. The van der Waals surface area contributed by atoms with Crippen LogP contribution in [0.5, 0.6) is 0 Å². The highest BCUT2D eigenvalue weighted by atomic mass is 79.9. The van der Waals surface area contributed by atoms with Gasteiger partial charge >= 0.3 is 0 Å². The van der Waals surface area contributed by atoms with Crippen LogP contribution in [0, 0.1) is 12.8 Å². The van der Waals surface area contributed by atoms with Crippen molar-refractivity contribution >= 4 is 15.9 Å². The van der Waals surface area contributed by atoms with Crippen LogP contribution in [-0.2, 0) is 0 Å². The van der Waals surface area contributed by atoms with Crippen molar-refractivity contribution in [3.05, 3.63) is 33.8 Å². The minimum Gasteiger partial charge on any atom is -0.310 e. The highest BCUT2D eigenvalue weighted by molar-refractivity contribution is 9.10. The first-order valence-corrected chi connectivity index (χ1v) is 9.01. The van der Waals surface area contributed by atoms with Crippen LogP contribution < -0.4 is 5.32 Å². The number of aryl methyl sites for hydroxylation is 1. The summed E-state index contributed by atoms with van der Waals surface area (Å²) >= 11 is 3.64. The number of nitrogens with one attached hydrogen (secondary N) is 1. The number of benzene rings is 1. The average molecular weight is 338 g/mol. The number of halogens is 1. The number of rotatable bonds is 5. The van der Waals surface area contributed by atoms with E-state index in [0.29, 0.717) is 6.04 Å². The summed E-state index contributed by atoms with van der Waals surface area (Å²) in [6, 6.07) is 7.26. The molecule has 0 radical (unpaired) electrons. The normalized spacial score (nSPS) is 18.8. The predicted molar refractivity (Wildman–Crippen MR) is 91.1 cm³/mol. The molecular formula is C18H28BrN. The standard InChI is InChI=1S/C18H28BrN/c1-3-12-20-18(15-8-6-4-5-7-9-15)17-13-16(19)11-10-14(17)2/h10-11,13,15,18,20H,3-9,12H2,1-2H3. The van der Waals surface area contributed by atoms with Crippen molar-refractivity contribution in [2.75, 3.05) is 6.54 Å². The van der Waals surface area contributed by atoms with Gasteiger partial charge in [0.05, 0.1) is 0 Å². The molecule has 0 spiro atoms. The molecule has 0 aliphatic heterocycles. The van der Waals surface area contributed by atoms with E-state index in [0.717, 1.165) is 12.5 Å². The minimum atomic E-state index is 0.533. The van der Waals surface area contributed by atoms with E-state index in [4.69, 9.17) is 0 Å². The topological polar surface area (TPSA) is 12.0 Å². The third-order valence-corrected chi connectivity index (χ3v) is 5.06. The molecule has 1 aromatic carbocycles. The predicted octanol–water partition coefficient (Wildman–Crippen LogP) is 5.77. The van der Waals surface area contributed by atoms with Crippen LogP contribution in [0.15, 0.2) is 22.7 Å². The van der Waals surface area contributed by atoms with Crippen molar-refractivity contribution in [1.82, 2.24) is 5.32 Å². The van der Waals surface area contributed by atoms with Crippen molar-refractivity contribution in [3.8, 4) is 0 Å². The molecule has 1 aromatic rings. The molecule has 1 unspecified atom stereocenters. The Morgan fingerprint density at radius 3 is 2.55 bits per heavy atom. The molecule has 0 bridgehead atoms. The lowest BCUT2D eigenvalue weighted by Crippen LogP contribution is -2.29. The second-order valence-corrected chi connectivity index (χ2v) is 7.10. The van der Waals surface area contributed by atoms with Gasteiger partial charge in [-0.25, -0.2) is 0 Å². The van der Waals surface area contributed by atoms with E-state index in [-0.39, 0.29) is 0 Å². The van der Waals surface area contributed by atoms with Gasteiger partial charge in [-0.2, -0.15) is 0 Å². The van der Waals surface area contributed by atoms with Crippen molar-refractivity contribution in [1.29, 1.82) is 0 Å². The summed E-state index contributed by atoms with van der Waals surface area (Å²) in [5, 5.41) is 3.83. The molecule has 1 saturated carbocycles. The molecule has 1 aliphatic rings. The van der Waals surface area contributed by atoms with Crippen LogP contribution in [0.25, 0.3) is 0 Å². The maximum atomic E-state index is 3.83. The minimum absolute atomic E-state index is 0.533. The molecular weight excluding hydrogens is 310 g/mol. The Labute approximate surface area is 132 Å². The van der Waals surface area contributed by atoms with Gasteiger partial charge in [-0.15, -0.1) is 0 Å². The molecule has 2 rings (SSSR count). The summed E-state index contributed by atoms with van der Waals surface area (Å²) in [6.45, 7) is 5.62. The molecule has 112 valence electrons. The third kappa shape index (κ3) is 4.33. The molecule has 1 atom stereocenters. The Balaban J connectivity index is 2.22. The highest BCUT2D eigenvalue weighted by Crippen LogP contribution is 2.35. The van der Waals surface area contributed by atoms with E-state index in [1.165, 1.54) is 60.5 Å². The lowest BCUT2D eigenvalue weighted by Gasteiger charge is -2.29. The van der Waals surface area contributed by atoms with Gasteiger partial charge in [0.2, 0.25) is 0 Å². The van der Waals surface area contributed by atoms with Crippen LogP contribution >= 0.6 is 15.9 Å². The summed E-state index contributed by atoms with van der Waals surface area (Å²) in [4.78, 5) is 0. The zero-order valence-electron chi connectivity index (χ0n) is 12.9. The fraction of sp³-hybridized carbons (Fsp3) is 0.667. The second-order valence-electron chi connectivity index (χ2n) is 6.18. The smallest absolute Gasteiger partial charge is 0.0351 e. The van der Waals surface area contributed by atoms with Crippen LogP contribution in [-0.4, -0.2) is 6.54 Å². The van der Waals surface area contributed by atoms with Crippen LogP contribution in [0.3, 0.4) is 0 Å². The lowest BCUT2D eigenvalue weighted by atomic mass is 9.85. The molecule has 1 nitrogen and oxygen atoms in total. The first-order chi connectivity index (χ1) is 9.72. The quantitative estimate of drug-likeness (QED) is 0.672. The number of hydrogen-bond donors (Lipinski definition) is 1. The number of hydrogen-bond acceptors (Lipinski definition) is 1. The Hall–Kier alpha value is -0.340. The van der Waals surface area contributed by atoms with Gasteiger partial charge in [0.15, 0.2) is 0 Å². The van der Waals surface area contributed by atoms with Crippen LogP contribution in [0.1, 0.15) is 69.0 Å². The van der Waals surface area contributed by atoms with Gasteiger partial charge in [0.25, 0.3) is 0 Å². The van der Waals surface area contributed by atoms with Gasteiger partial charge in [-0.05, 0) is 61.9 Å². The second kappa shape index (κ2) is 8.19. The summed E-state index contributed by atoms with van der Waals surface area (Å²) in [5.41, 5.74) is 2.92. The molecule has 1 fully saturated rings. The summed E-state index contributed by atoms with van der Waals surface area (Å²) in [7, 11) is 0. The van der Waals surface area contributed by atoms with Crippen LogP contribution in [0.2, 0.25) is 0 Å². The van der Waals surface area contributed by atoms with E-state index < -0.39 is 0 Å². The SMILES string of the molecule is CCCNC(c1cc(Br)ccc1C)C1CCCCCC1. The van der Waals surface area contributed by atoms with Crippen molar-refractivity contribution in [3.63, 3.8) is 0 Å². The largest absolute Gasteiger partial charge is 0.310 e. The van der Waals surface area contributed by atoms with Crippen LogP contribution in [0.4, 0.5) is 0 Å². The van der Waals surface area contributed by atoms with E-state index in [9.17, 15) is 0 Å². The first-order valence-electron chi connectivity index (χ1n) is 8.21. The van der Waals surface area contributed by atoms with E-state index in [1.807, 2.05) is 0 Å². The first kappa shape index (κ1) is 16.0. The van der Waals surface area contributed by atoms with Gasteiger partial charge in [0, 0.05) is 10.5 Å². The molecule has 1 N–H and O–H groups in total. The van der Waals surface area contributed by atoms with Crippen molar-refractivity contribution in [2.24, 2.45) is 5.92 Å². The van der Waals surface area contributed by atoms with E-state index in [1.54, 1.807) is 0 Å². The van der Waals surface area contributed by atoms with Crippen molar-refractivity contribution < 1.29 is 0 Å². The summed E-state index contributed by atoms with van der Waals surface area (Å²) in [5.74, 6) is 0.803. The van der Waals surface area contributed by atoms with Crippen molar-refractivity contribution in [2.45, 2.75) is 64.8 Å². The zero-order valence-corrected chi connectivity index (χ0v) is 14.5. The fourth-order valence-corrected chi connectivity index (χ4v) is 3.80. The van der Waals surface area contributed by atoms with Gasteiger partial charge in [0.1, 0.15) is 0 Å². The summed E-state index contributed by atoms with van der Waals surface area (Å²) in [6.07, 6.45) is 9.63. The fourth-order valence-electron chi connectivity index (χ4n) is 3.42. The molecule has 0 heterocycles. The molecule has 1 aliphatic carbocycles. The van der Waals surface area contributed by atoms with Gasteiger partial charge < -0.3 is 5.32 Å². The maximum absolute atomic E-state index is 3.83. The summed E-state index contributed by atoms with van der Waals surface area (Å²) < 4.78 is 1.20. The average Bonchev–Trinajstić information content (AvgIpc) is 2.72. The molecule has 0 saturated heterocycles. The van der Waals surface area contributed by atoms with E-state index in [2.05, 4.69) is 53.3 Å². The van der Waals surface area contributed by atoms with Gasteiger partial charge in [-0.1, -0.05) is 54.6 Å².